The molecule has 3 heteroatoms. The van der Waals surface area contributed by atoms with Gasteiger partial charge in [-0.3, -0.25) is 4.98 Å². The van der Waals surface area contributed by atoms with Crippen LogP contribution in [-0.4, -0.2) is 4.98 Å². The SMILES string of the molecule is Clc1ccnc2c1C=C(I)C2. The van der Waals surface area contributed by atoms with Gasteiger partial charge in [0.1, 0.15) is 0 Å². The molecule has 1 aliphatic rings. The third kappa shape index (κ3) is 1.29. The van der Waals surface area contributed by atoms with Gasteiger partial charge in [0.05, 0.1) is 10.7 Å². The quantitative estimate of drug-likeness (QED) is 0.664. The fourth-order valence-electron chi connectivity index (χ4n) is 1.15. The summed E-state index contributed by atoms with van der Waals surface area (Å²) in [5.41, 5.74) is 2.19. The van der Waals surface area contributed by atoms with E-state index < -0.39 is 0 Å². The minimum absolute atomic E-state index is 0.807. The molecule has 1 heterocycles. The van der Waals surface area contributed by atoms with E-state index in [2.05, 4.69) is 33.7 Å². The normalized spacial score (nSPS) is 14.5. The number of allylic oxidation sites excluding steroid dienone is 1. The van der Waals surface area contributed by atoms with Gasteiger partial charge in [-0.1, -0.05) is 11.6 Å². The van der Waals surface area contributed by atoms with E-state index in [1.54, 1.807) is 6.20 Å². The maximum atomic E-state index is 5.95. The fraction of sp³-hybridized carbons (Fsp3) is 0.125. The highest BCUT2D eigenvalue weighted by molar-refractivity contribution is 14.1. The van der Waals surface area contributed by atoms with Gasteiger partial charge in [-0.15, -0.1) is 0 Å². The van der Waals surface area contributed by atoms with Crippen LogP contribution >= 0.6 is 34.2 Å². The lowest BCUT2D eigenvalue weighted by atomic mass is 10.2. The van der Waals surface area contributed by atoms with Crippen molar-refractivity contribution in [3.63, 3.8) is 0 Å². The van der Waals surface area contributed by atoms with E-state index in [4.69, 9.17) is 11.6 Å². The lowest BCUT2D eigenvalue weighted by Crippen LogP contribution is -1.86. The summed E-state index contributed by atoms with van der Waals surface area (Å²) in [5.74, 6) is 0. The Balaban J connectivity index is 2.61. The van der Waals surface area contributed by atoms with E-state index in [0.717, 1.165) is 22.7 Å². The van der Waals surface area contributed by atoms with Crippen molar-refractivity contribution in [2.24, 2.45) is 0 Å². The van der Waals surface area contributed by atoms with E-state index in [-0.39, 0.29) is 0 Å². The molecule has 11 heavy (non-hydrogen) atoms. The Kier molecular flexibility index (Phi) is 1.89. The van der Waals surface area contributed by atoms with E-state index in [1.165, 1.54) is 3.58 Å². The first-order chi connectivity index (χ1) is 5.27. The van der Waals surface area contributed by atoms with Crippen LogP contribution in [0.5, 0.6) is 0 Å². The number of hydrogen-bond acceptors (Lipinski definition) is 1. The van der Waals surface area contributed by atoms with Gasteiger partial charge in [0.2, 0.25) is 0 Å². The predicted octanol–water partition coefficient (Wildman–Crippen LogP) is 3.07. The van der Waals surface area contributed by atoms with Crippen molar-refractivity contribution in [1.29, 1.82) is 0 Å². The van der Waals surface area contributed by atoms with Crippen molar-refractivity contribution >= 4 is 40.3 Å². The zero-order chi connectivity index (χ0) is 7.84. The van der Waals surface area contributed by atoms with Gasteiger partial charge >= 0.3 is 0 Å². The van der Waals surface area contributed by atoms with Crippen molar-refractivity contribution in [2.75, 3.05) is 0 Å². The number of pyridine rings is 1. The summed E-state index contributed by atoms with van der Waals surface area (Å²) in [6.07, 6.45) is 4.78. The minimum atomic E-state index is 0.807. The lowest BCUT2D eigenvalue weighted by Gasteiger charge is -1.97. The molecule has 1 aliphatic carbocycles. The zero-order valence-corrected chi connectivity index (χ0v) is 8.56. The Morgan fingerprint density at radius 2 is 2.36 bits per heavy atom. The highest BCUT2D eigenvalue weighted by Gasteiger charge is 2.13. The highest BCUT2D eigenvalue weighted by Crippen LogP contribution is 2.31. The third-order valence-electron chi connectivity index (χ3n) is 1.66. The molecule has 1 aromatic rings. The smallest absolute Gasteiger partial charge is 0.0539 e. The molecule has 0 N–H and O–H groups in total. The summed E-state index contributed by atoms with van der Waals surface area (Å²) in [5, 5.41) is 0.807. The number of nitrogens with zero attached hydrogens (tertiary/aromatic N) is 1. The van der Waals surface area contributed by atoms with Crippen LogP contribution in [0.2, 0.25) is 5.02 Å². The molecule has 0 atom stereocenters. The molecule has 0 amide bonds. The van der Waals surface area contributed by atoms with Crippen molar-refractivity contribution in [2.45, 2.75) is 6.42 Å². The topological polar surface area (TPSA) is 12.9 Å². The van der Waals surface area contributed by atoms with E-state index >= 15 is 0 Å². The summed E-state index contributed by atoms with van der Waals surface area (Å²) in [6, 6.07) is 1.83. The Morgan fingerprint density at radius 1 is 1.55 bits per heavy atom. The molecule has 0 aliphatic heterocycles. The Labute approximate surface area is 83.6 Å². The van der Waals surface area contributed by atoms with Crippen LogP contribution in [0.15, 0.2) is 15.8 Å². The number of fused-ring (bicyclic) bond motifs is 1. The van der Waals surface area contributed by atoms with Gasteiger partial charge in [0.25, 0.3) is 0 Å². The van der Waals surface area contributed by atoms with Crippen LogP contribution in [0.1, 0.15) is 11.3 Å². The summed E-state index contributed by atoms with van der Waals surface area (Å²) in [7, 11) is 0. The molecule has 0 aromatic carbocycles. The monoisotopic (exact) mass is 277 g/mol. The van der Waals surface area contributed by atoms with Crippen LogP contribution in [0, 0.1) is 0 Å². The molecule has 1 aromatic heterocycles. The summed E-state index contributed by atoms with van der Waals surface area (Å²) in [4.78, 5) is 4.23. The molecule has 56 valence electrons. The highest BCUT2D eigenvalue weighted by atomic mass is 127. The average molecular weight is 277 g/mol. The molecule has 0 bridgehead atoms. The van der Waals surface area contributed by atoms with Crippen molar-refractivity contribution < 1.29 is 0 Å². The first-order valence-electron chi connectivity index (χ1n) is 3.27. The molecular weight excluding hydrogens is 272 g/mol. The number of aromatic nitrogens is 1. The van der Waals surface area contributed by atoms with Gasteiger partial charge in [-0.05, 0) is 38.3 Å². The predicted molar refractivity (Wildman–Crippen MR) is 54.9 cm³/mol. The van der Waals surface area contributed by atoms with Crippen molar-refractivity contribution in [3.8, 4) is 0 Å². The van der Waals surface area contributed by atoms with Gasteiger partial charge in [-0.2, -0.15) is 0 Å². The molecule has 0 saturated heterocycles. The number of halogens is 2. The maximum Gasteiger partial charge on any atom is 0.0539 e. The second-order valence-corrected chi connectivity index (χ2v) is 4.21. The molecular formula is C8H5ClIN. The Morgan fingerprint density at radius 3 is 3.09 bits per heavy atom. The van der Waals surface area contributed by atoms with Gasteiger partial charge in [-0.25, -0.2) is 0 Å². The van der Waals surface area contributed by atoms with Crippen molar-refractivity contribution in [3.05, 3.63) is 32.1 Å². The zero-order valence-electron chi connectivity index (χ0n) is 5.64. The van der Waals surface area contributed by atoms with Gasteiger partial charge < -0.3 is 0 Å². The van der Waals surface area contributed by atoms with E-state index in [9.17, 15) is 0 Å². The van der Waals surface area contributed by atoms with Crippen molar-refractivity contribution in [1.82, 2.24) is 4.98 Å². The molecule has 0 spiro atoms. The number of hydrogen-bond donors (Lipinski definition) is 0. The Bertz CT molecular complexity index is 333. The first-order valence-corrected chi connectivity index (χ1v) is 4.72. The van der Waals surface area contributed by atoms with E-state index in [0.29, 0.717) is 0 Å². The van der Waals surface area contributed by atoms with Gasteiger partial charge in [0, 0.05) is 18.2 Å². The molecule has 0 radical (unpaired) electrons. The van der Waals surface area contributed by atoms with Crippen LogP contribution in [-0.2, 0) is 6.42 Å². The van der Waals surface area contributed by atoms with Gasteiger partial charge in [0.15, 0.2) is 0 Å². The largest absolute Gasteiger partial charge is 0.260 e. The molecule has 2 rings (SSSR count). The summed E-state index contributed by atoms with van der Waals surface area (Å²) >= 11 is 8.25. The first kappa shape index (κ1) is 7.55. The standard InChI is InChI=1S/C8H5ClIN/c9-7-1-2-11-8-4-5(10)3-6(7)8/h1-3H,4H2. The number of rotatable bonds is 0. The molecule has 0 unspecified atom stereocenters. The fourth-order valence-corrected chi connectivity index (χ4v) is 2.04. The second kappa shape index (κ2) is 2.75. The third-order valence-corrected chi connectivity index (χ3v) is 2.68. The van der Waals surface area contributed by atoms with Crippen LogP contribution in [0.25, 0.3) is 6.08 Å². The minimum Gasteiger partial charge on any atom is -0.260 e. The molecule has 1 nitrogen and oxygen atoms in total. The lowest BCUT2D eigenvalue weighted by molar-refractivity contribution is 1.13. The summed E-state index contributed by atoms with van der Waals surface area (Å²) in [6.45, 7) is 0. The average Bonchev–Trinajstić information content (AvgIpc) is 2.31. The van der Waals surface area contributed by atoms with E-state index in [1.807, 2.05) is 6.07 Å². The van der Waals surface area contributed by atoms with Crippen LogP contribution in [0.3, 0.4) is 0 Å². The van der Waals surface area contributed by atoms with Crippen LogP contribution in [0.4, 0.5) is 0 Å². The molecule has 0 saturated carbocycles. The molecule has 0 fully saturated rings. The Hall–Kier alpha value is -0.0900. The second-order valence-electron chi connectivity index (χ2n) is 2.42. The van der Waals surface area contributed by atoms with Crippen LogP contribution < -0.4 is 0 Å². The maximum absolute atomic E-state index is 5.95. The summed E-state index contributed by atoms with van der Waals surface area (Å²) < 4.78 is 1.30.